The van der Waals surface area contributed by atoms with E-state index < -0.39 is 28.5 Å². The van der Waals surface area contributed by atoms with Gasteiger partial charge in [-0.3, -0.25) is 9.97 Å². The molecule has 6 rings (SSSR count). The van der Waals surface area contributed by atoms with Gasteiger partial charge in [-0.1, -0.05) is 5.21 Å². The second kappa shape index (κ2) is 9.93. The van der Waals surface area contributed by atoms with Crippen LogP contribution in [0.1, 0.15) is 34.4 Å². The van der Waals surface area contributed by atoms with Crippen LogP contribution in [0.2, 0.25) is 0 Å². The molecule has 4 aromatic heterocycles. The van der Waals surface area contributed by atoms with E-state index in [1.165, 1.54) is 42.4 Å². The number of benzene rings is 1. The van der Waals surface area contributed by atoms with Gasteiger partial charge in [-0.15, -0.1) is 5.10 Å². The molecule has 0 radical (unpaired) electrons. The highest BCUT2D eigenvalue weighted by Gasteiger charge is 2.34. The predicted octanol–water partition coefficient (Wildman–Crippen LogP) is 4.26. The van der Waals surface area contributed by atoms with Crippen molar-refractivity contribution in [1.29, 1.82) is 0 Å². The summed E-state index contributed by atoms with van der Waals surface area (Å²) in [5, 5.41) is 8.38. The van der Waals surface area contributed by atoms with Gasteiger partial charge in [-0.2, -0.15) is 0 Å². The van der Waals surface area contributed by atoms with Gasteiger partial charge in [0.15, 0.2) is 9.84 Å². The maximum absolute atomic E-state index is 15.6. The van der Waals surface area contributed by atoms with Gasteiger partial charge in [0.2, 0.25) is 0 Å². The highest BCUT2D eigenvalue weighted by atomic mass is 32.2. The Morgan fingerprint density at radius 1 is 1.20 bits per heavy atom. The summed E-state index contributed by atoms with van der Waals surface area (Å²) in [6.45, 7) is -1.60. The molecule has 1 aromatic carbocycles. The fourth-order valence-electron chi connectivity index (χ4n) is 5.65. The summed E-state index contributed by atoms with van der Waals surface area (Å²) in [5.74, 6) is -0.366. The highest BCUT2D eigenvalue weighted by molar-refractivity contribution is 7.90. The molecule has 0 N–H and O–H groups in total. The Bertz CT molecular complexity index is 1970. The van der Waals surface area contributed by atoms with E-state index in [-0.39, 0.29) is 33.6 Å². The number of pyridine rings is 2. The predicted molar refractivity (Wildman–Crippen MR) is 148 cm³/mol. The summed E-state index contributed by atoms with van der Waals surface area (Å²) < 4.78 is 79.8. The number of fused-ring (bicyclic) bond motifs is 3. The van der Waals surface area contributed by atoms with Gasteiger partial charge in [0.1, 0.15) is 11.6 Å². The van der Waals surface area contributed by atoms with Crippen molar-refractivity contribution in [3.8, 4) is 17.0 Å². The number of sulfone groups is 1. The van der Waals surface area contributed by atoms with Crippen LogP contribution in [-0.4, -0.2) is 64.5 Å². The van der Waals surface area contributed by atoms with Crippen molar-refractivity contribution in [2.45, 2.75) is 30.6 Å². The summed E-state index contributed by atoms with van der Waals surface area (Å²) in [4.78, 5) is 9.24. The second-order valence-electron chi connectivity index (χ2n) is 9.93. The van der Waals surface area contributed by atoms with Crippen molar-refractivity contribution in [2.24, 2.45) is 13.0 Å². The summed E-state index contributed by atoms with van der Waals surface area (Å²) in [7, 11) is -0.650. The molecule has 10 nitrogen and oxygen atoms in total. The van der Waals surface area contributed by atoms with Gasteiger partial charge in [-0.05, 0) is 55.9 Å². The lowest BCUT2D eigenvalue weighted by Gasteiger charge is -2.32. The topological polar surface area (TPSA) is 114 Å². The lowest BCUT2D eigenvalue weighted by atomic mass is 9.88. The first kappa shape index (κ1) is 22.9. The third-order valence-electron chi connectivity index (χ3n) is 7.48. The van der Waals surface area contributed by atoms with Gasteiger partial charge in [0.25, 0.3) is 0 Å². The van der Waals surface area contributed by atoms with Crippen molar-refractivity contribution in [3.05, 3.63) is 59.9 Å². The number of aryl methyl sites for hydroxylation is 2. The van der Waals surface area contributed by atoms with Crippen molar-refractivity contribution in [3.63, 3.8) is 0 Å². The van der Waals surface area contributed by atoms with Gasteiger partial charge >= 0.3 is 0 Å². The second-order valence-corrected chi connectivity index (χ2v) is 11.9. The van der Waals surface area contributed by atoms with Crippen LogP contribution in [0, 0.1) is 18.6 Å². The largest absolute Gasteiger partial charge is 0.496 e. The molecule has 0 saturated carbocycles. The molecule has 0 spiro atoms. The molecule has 0 bridgehead atoms. The fourth-order valence-corrected chi connectivity index (χ4v) is 6.30. The first-order valence-electron chi connectivity index (χ1n) is 14.2. The number of nitrogens with zero attached hydrogens (tertiary/aromatic N) is 6. The maximum atomic E-state index is 15.6. The smallest absolute Gasteiger partial charge is 0.175 e. The molecular formula is C28H29FN6O4S. The quantitative estimate of drug-likeness (QED) is 0.299. The summed E-state index contributed by atoms with van der Waals surface area (Å²) >= 11 is 0. The fraction of sp³-hybridized carbons (Fsp3) is 0.357. The molecule has 1 aliphatic heterocycles. The molecule has 1 aliphatic rings. The van der Waals surface area contributed by atoms with E-state index in [0.717, 1.165) is 6.26 Å². The zero-order chi connectivity index (χ0) is 30.7. The van der Waals surface area contributed by atoms with Crippen LogP contribution in [0.15, 0.2) is 47.6 Å². The minimum atomic E-state index is -3.68. The van der Waals surface area contributed by atoms with E-state index in [2.05, 4.69) is 15.3 Å². The summed E-state index contributed by atoms with van der Waals surface area (Å²) in [5.41, 5.74) is 2.11. The Morgan fingerprint density at radius 3 is 2.70 bits per heavy atom. The molecule has 40 heavy (non-hydrogen) atoms. The Kier molecular flexibility index (Phi) is 5.68. The van der Waals surface area contributed by atoms with Crippen LogP contribution in [-0.2, 0) is 21.6 Å². The normalized spacial score (nSPS) is 17.1. The van der Waals surface area contributed by atoms with Gasteiger partial charge in [0, 0.05) is 48.6 Å². The van der Waals surface area contributed by atoms with Crippen LogP contribution in [0.25, 0.3) is 33.2 Å². The minimum Gasteiger partial charge on any atom is -0.496 e. The molecule has 1 fully saturated rings. The van der Waals surface area contributed by atoms with Crippen molar-refractivity contribution in [1.82, 2.24) is 29.5 Å². The average molecular weight is 568 g/mol. The Morgan fingerprint density at radius 2 is 2.00 bits per heavy atom. The number of aromatic nitrogens is 6. The minimum absolute atomic E-state index is 0.0221. The van der Waals surface area contributed by atoms with Crippen LogP contribution in [0.5, 0.6) is 5.75 Å². The van der Waals surface area contributed by atoms with E-state index in [9.17, 15) is 8.42 Å². The molecule has 0 aliphatic carbocycles. The molecule has 1 unspecified atom stereocenters. The Hall–Kier alpha value is -3.90. The first-order chi connectivity index (χ1) is 20.4. The number of halogens is 1. The van der Waals surface area contributed by atoms with Crippen LogP contribution in [0.4, 0.5) is 4.39 Å². The number of hydrogen-bond donors (Lipinski definition) is 0. The molecule has 1 saturated heterocycles. The lowest BCUT2D eigenvalue weighted by Crippen LogP contribution is -2.28. The van der Waals surface area contributed by atoms with Crippen LogP contribution in [0.3, 0.4) is 0 Å². The standard InChI is InChI=1S/C28H29FN6O4S/c1-16-27(34(2)33-32-16)18-12-22-26(31-15-18)24-21(13-19(40(4,36)37)14-23(24)38-3)35(22)28(17-7-10-39-11-8-17)25-20(29)6-5-9-30-25/h5-6,9,12-15,17,28H,7-8,10-11H2,1-4H3/i1D3. The molecule has 5 heterocycles. The Balaban J connectivity index is 1.77. The zero-order valence-corrected chi connectivity index (χ0v) is 22.9. The van der Waals surface area contributed by atoms with Crippen LogP contribution >= 0.6 is 0 Å². The van der Waals surface area contributed by atoms with Crippen molar-refractivity contribution >= 4 is 31.8 Å². The summed E-state index contributed by atoms with van der Waals surface area (Å²) in [6.07, 6.45) is 5.36. The number of ether oxygens (including phenoxy) is 2. The molecular weight excluding hydrogens is 535 g/mol. The number of hydrogen-bond acceptors (Lipinski definition) is 8. The van der Waals surface area contributed by atoms with Gasteiger partial charge < -0.3 is 14.0 Å². The first-order valence-corrected chi connectivity index (χ1v) is 14.6. The molecule has 5 aromatic rings. The molecule has 0 amide bonds. The SMILES string of the molecule is [2H]C([2H])([2H])c1nnn(C)c1-c1cnc2c3c(OC)cc(S(C)(=O)=O)cc3n(C(c3ncccc3F)C3CCOCC3)c2c1. The van der Waals surface area contributed by atoms with Crippen molar-refractivity contribution in [2.75, 3.05) is 26.6 Å². The summed E-state index contributed by atoms with van der Waals surface area (Å²) in [6, 6.07) is 6.91. The molecule has 208 valence electrons. The average Bonchev–Trinajstić information content (AvgIpc) is 3.52. The van der Waals surface area contributed by atoms with E-state index in [0.29, 0.717) is 53.6 Å². The molecule has 1 atom stereocenters. The zero-order valence-electron chi connectivity index (χ0n) is 25.1. The van der Waals surface area contributed by atoms with Crippen LogP contribution < -0.4 is 4.74 Å². The third kappa shape index (κ3) is 4.31. The van der Waals surface area contributed by atoms with E-state index in [1.807, 2.05) is 4.57 Å². The van der Waals surface area contributed by atoms with Gasteiger partial charge in [-0.25, -0.2) is 17.5 Å². The molecule has 12 heteroatoms. The third-order valence-corrected chi connectivity index (χ3v) is 8.58. The monoisotopic (exact) mass is 567 g/mol. The van der Waals surface area contributed by atoms with E-state index in [4.69, 9.17) is 18.6 Å². The van der Waals surface area contributed by atoms with E-state index in [1.54, 1.807) is 19.2 Å². The lowest BCUT2D eigenvalue weighted by molar-refractivity contribution is 0.0543. The van der Waals surface area contributed by atoms with E-state index >= 15 is 4.39 Å². The Labute approximate surface area is 234 Å². The highest BCUT2D eigenvalue weighted by Crippen LogP contribution is 2.44. The van der Waals surface area contributed by atoms with Crippen molar-refractivity contribution < 1.29 is 26.4 Å². The number of methoxy groups -OCH3 is 1. The maximum Gasteiger partial charge on any atom is 0.175 e. The number of rotatable bonds is 6. The van der Waals surface area contributed by atoms with Gasteiger partial charge in [0.05, 0.1) is 57.1 Å².